The number of sulfonamides is 1. The SMILES string of the molecule is COCC(C)N(C)S(=O)(=O)c1cn(C)nc1N. The van der Waals surface area contributed by atoms with E-state index in [1.165, 1.54) is 29.3 Å². The van der Waals surface area contributed by atoms with E-state index in [0.717, 1.165) is 0 Å². The van der Waals surface area contributed by atoms with Crippen molar-refractivity contribution >= 4 is 15.8 Å². The normalized spacial score (nSPS) is 14.2. The van der Waals surface area contributed by atoms with Gasteiger partial charge in [-0.15, -0.1) is 0 Å². The van der Waals surface area contributed by atoms with Gasteiger partial charge in [0.2, 0.25) is 10.0 Å². The summed E-state index contributed by atoms with van der Waals surface area (Å²) in [6, 6.07) is -0.274. The van der Waals surface area contributed by atoms with E-state index in [9.17, 15) is 8.42 Å². The minimum atomic E-state index is -3.63. The molecule has 1 heterocycles. The van der Waals surface area contributed by atoms with Gasteiger partial charge in [-0.2, -0.15) is 9.40 Å². The van der Waals surface area contributed by atoms with Gasteiger partial charge in [-0.05, 0) is 6.92 Å². The summed E-state index contributed by atoms with van der Waals surface area (Å²) >= 11 is 0. The highest BCUT2D eigenvalue weighted by molar-refractivity contribution is 7.89. The first-order chi connectivity index (χ1) is 7.80. The molecular weight excluding hydrogens is 244 g/mol. The summed E-state index contributed by atoms with van der Waals surface area (Å²) in [5.74, 6) is 0.00367. The Labute approximate surface area is 101 Å². The van der Waals surface area contributed by atoms with Crippen LogP contribution < -0.4 is 5.73 Å². The lowest BCUT2D eigenvalue weighted by molar-refractivity contribution is 0.149. The highest BCUT2D eigenvalue weighted by Gasteiger charge is 2.29. The van der Waals surface area contributed by atoms with Crippen LogP contribution in [0.3, 0.4) is 0 Å². The summed E-state index contributed by atoms with van der Waals surface area (Å²) in [5.41, 5.74) is 5.57. The molecule has 0 amide bonds. The van der Waals surface area contributed by atoms with Crippen molar-refractivity contribution in [2.45, 2.75) is 17.9 Å². The van der Waals surface area contributed by atoms with E-state index in [1.54, 1.807) is 14.0 Å². The number of methoxy groups -OCH3 is 1. The van der Waals surface area contributed by atoms with E-state index >= 15 is 0 Å². The molecule has 0 bridgehead atoms. The first-order valence-electron chi connectivity index (χ1n) is 5.06. The number of hydrogen-bond donors (Lipinski definition) is 1. The van der Waals surface area contributed by atoms with Crippen molar-refractivity contribution in [3.63, 3.8) is 0 Å². The number of aromatic nitrogens is 2. The van der Waals surface area contributed by atoms with Gasteiger partial charge in [0.25, 0.3) is 0 Å². The average Bonchev–Trinajstić information content (AvgIpc) is 2.57. The molecule has 1 aromatic rings. The summed E-state index contributed by atoms with van der Waals surface area (Å²) in [6.45, 7) is 2.07. The Morgan fingerprint density at radius 3 is 2.65 bits per heavy atom. The summed E-state index contributed by atoms with van der Waals surface area (Å²) in [6.07, 6.45) is 1.39. The van der Waals surface area contributed by atoms with E-state index in [2.05, 4.69) is 5.10 Å². The van der Waals surface area contributed by atoms with E-state index in [0.29, 0.717) is 6.61 Å². The second kappa shape index (κ2) is 5.03. The lowest BCUT2D eigenvalue weighted by atomic mass is 10.4. The van der Waals surface area contributed by atoms with E-state index in [-0.39, 0.29) is 16.8 Å². The van der Waals surface area contributed by atoms with Crippen molar-refractivity contribution in [3.05, 3.63) is 6.20 Å². The van der Waals surface area contributed by atoms with Gasteiger partial charge in [0.1, 0.15) is 4.90 Å². The molecule has 8 heteroatoms. The average molecular weight is 262 g/mol. The number of nitrogen functional groups attached to an aromatic ring is 1. The molecule has 2 N–H and O–H groups in total. The van der Waals surface area contributed by atoms with Crippen molar-refractivity contribution in [1.82, 2.24) is 14.1 Å². The first kappa shape index (κ1) is 13.9. The van der Waals surface area contributed by atoms with Gasteiger partial charge in [-0.3, -0.25) is 4.68 Å². The number of hydrogen-bond acceptors (Lipinski definition) is 5. The molecule has 0 aromatic carbocycles. The number of nitrogens with zero attached hydrogens (tertiary/aromatic N) is 3. The second-order valence-corrected chi connectivity index (χ2v) is 5.84. The summed E-state index contributed by atoms with van der Waals surface area (Å²) < 4.78 is 32.0. The zero-order valence-electron chi connectivity index (χ0n) is 10.4. The Balaban J connectivity index is 3.07. The van der Waals surface area contributed by atoms with E-state index < -0.39 is 10.0 Å². The third-order valence-electron chi connectivity index (χ3n) is 2.51. The number of ether oxygens (including phenoxy) is 1. The van der Waals surface area contributed by atoms with Crippen LogP contribution in [0.25, 0.3) is 0 Å². The third-order valence-corrected chi connectivity index (χ3v) is 4.50. The minimum Gasteiger partial charge on any atom is -0.383 e. The molecule has 1 atom stereocenters. The van der Waals surface area contributed by atoms with E-state index in [1.807, 2.05) is 0 Å². The van der Waals surface area contributed by atoms with Crippen molar-refractivity contribution in [2.75, 3.05) is 26.5 Å². The first-order valence-corrected chi connectivity index (χ1v) is 6.50. The van der Waals surface area contributed by atoms with Gasteiger partial charge in [-0.1, -0.05) is 0 Å². The predicted molar refractivity (Wildman–Crippen MR) is 63.9 cm³/mol. The van der Waals surface area contributed by atoms with Gasteiger partial charge in [0.05, 0.1) is 6.61 Å². The molecule has 98 valence electrons. The standard InChI is InChI=1S/C9H18N4O3S/c1-7(6-16-4)13(3)17(14,15)8-5-12(2)11-9(8)10/h5,7H,6H2,1-4H3,(H2,10,11). The molecule has 0 aliphatic heterocycles. The zero-order chi connectivity index (χ0) is 13.2. The Kier molecular flexibility index (Phi) is 4.12. The zero-order valence-corrected chi connectivity index (χ0v) is 11.2. The van der Waals surface area contributed by atoms with Gasteiger partial charge < -0.3 is 10.5 Å². The topological polar surface area (TPSA) is 90.5 Å². The highest BCUT2D eigenvalue weighted by Crippen LogP contribution is 2.21. The molecule has 0 saturated heterocycles. The van der Waals surface area contributed by atoms with Crippen LogP contribution in [-0.4, -0.2) is 49.3 Å². The van der Waals surface area contributed by atoms with Crippen molar-refractivity contribution < 1.29 is 13.2 Å². The van der Waals surface area contributed by atoms with Crippen LogP contribution in [0.15, 0.2) is 11.1 Å². The van der Waals surface area contributed by atoms with Crippen LogP contribution in [0.5, 0.6) is 0 Å². The molecule has 0 spiro atoms. The number of rotatable bonds is 5. The lowest BCUT2D eigenvalue weighted by Crippen LogP contribution is -2.37. The van der Waals surface area contributed by atoms with Crippen LogP contribution in [-0.2, 0) is 21.8 Å². The predicted octanol–water partition coefficient (Wildman–Crippen LogP) is -0.342. The minimum absolute atomic E-state index is 0.00367. The highest BCUT2D eigenvalue weighted by atomic mass is 32.2. The van der Waals surface area contributed by atoms with Crippen LogP contribution in [0.1, 0.15) is 6.92 Å². The Bertz CT molecular complexity index is 482. The molecule has 0 radical (unpaired) electrons. The third kappa shape index (κ3) is 2.76. The van der Waals surface area contributed by atoms with Crippen molar-refractivity contribution in [3.8, 4) is 0 Å². The van der Waals surface area contributed by atoms with E-state index in [4.69, 9.17) is 10.5 Å². The van der Waals surface area contributed by atoms with Crippen LogP contribution in [0, 0.1) is 0 Å². The fraction of sp³-hybridized carbons (Fsp3) is 0.667. The molecule has 17 heavy (non-hydrogen) atoms. The molecule has 0 saturated carbocycles. The maximum Gasteiger partial charge on any atom is 0.248 e. The molecule has 0 aliphatic rings. The number of anilines is 1. The van der Waals surface area contributed by atoms with Gasteiger partial charge in [-0.25, -0.2) is 8.42 Å². The number of nitrogens with two attached hydrogens (primary N) is 1. The van der Waals surface area contributed by atoms with Crippen LogP contribution in [0.4, 0.5) is 5.82 Å². The van der Waals surface area contributed by atoms with Crippen LogP contribution in [0.2, 0.25) is 0 Å². The van der Waals surface area contributed by atoms with Crippen molar-refractivity contribution in [1.29, 1.82) is 0 Å². The van der Waals surface area contributed by atoms with Gasteiger partial charge in [0, 0.05) is 33.4 Å². The van der Waals surface area contributed by atoms with Gasteiger partial charge >= 0.3 is 0 Å². The molecular formula is C9H18N4O3S. The fourth-order valence-electron chi connectivity index (χ4n) is 1.42. The summed E-state index contributed by atoms with van der Waals surface area (Å²) in [4.78, 5) is 0.0189. The number of likely N-dealkylation sites (N-methyl/N-ethyl adjacent to an activating group) is 1. The monoisotopic (exact) mass is 262 g/mol. The lowest BCUT2D eigenvalue weighted by Gasteiger charge is -2.23. The molecule has 0 aliphatic carbocycles. The van der Waals surface area contributed by atoms with Crippen LogP contribution >= 0.6 is 0 Å². The van der Waals surface area contributed by atoms with Crippen molar-refractivity contribution in [2.24, 2.45) is 7.05 Å². The smallest absolute Gasteiger partial charge is 0.248 e. The quantitative estimate of drug-likeness (QED) is 0.784. The summed E-state index contributed by atoms with van der Waals surface area (Å²) in [7, 11) is 1.01. The largest absolute Gasteiger partial charge is 0.383 e. The number of aryl methyl sites for hydroxylation is 1. The molecule has 0 fully saturated rings. The molecule has 1 aromatic heterocycles. The second-order valence-electron chi connectivity index (χ2n) is 3.88. The Hall–Kier alpha value is -1.12. The summed E-state index contributed by atoms with van der Waals surface area (Å²) in [5, 5.41) is 3.82. The van der Waals surface area contributed by atoms with Gasteiger partial charge in [0.15, 0.2) is 5.82 Å². The fourth-order valence-corrected chi connectivity index (χ4v) is 2.86. The molecule has 1 rings (SSSR count). The Morgan fingerprint density at radius 2 is 2.24 bits per heavy atom. The maximum absolute atomic E-state index is 12.2. The molecule has 7 nitrogen and oxygen atoms in total. The maximum atomic E-state index is 12.2. The Morgan fingerprint density at radius 1 is 1.65 bits per heavy atom. The molecule has 1 unspecified atom stereocenters.